The van der Waals surface area contributed by atoms with Gasteiger partial charge in [-0.05, 0) is 31.2 Å². The van der Waals surface area contributed by atoms with Gasteiger partial charge in [0.25, 0.3) is 5.91 Å². The molecule has 14 heteroatoms. The number of hydrazine groups is 1. The second-order valence-electron chi connectivity index (χ2n) is 7.32. The smallest absolute Gasteiger partial charge is 0.413 e. The Morgan fingerprint density at radius 2 is 1.92 bits per heavy atom. The van der Waals surface area contributed by atoms with Gasteiger partial charge in [-0.3, -0.25) is 25.1 Å². The zero-order chi connectivity index (χ0) is 26.4. The summed E-state index contributed by atoms with van der Waals surface area (Å²) in [4.78, 5) is 36.0. The molecule has 11 nitrogen and oxygen atoms in total. The van der Waals surface area contributed by atoms with Gasteiger partial charge < -0.3 is 15.8 Å². The fourth-order valence-electron chi connectivity index (χ4n) is 2.91. The zero-order valence-corrected chi connectivity index (χ0v) is 19.8. The first-order valence-electron chi connectivity index (χ1n) is 10.2. The van der Waals surface area contributed by atoms with Crippen LogP contribution in [0.25, 0.3) is 5.70 Å². The van der Waals surface area contributed by atoms with E-state index in [1.54, 1.807) is 0 Å². The lowest BCUT2D eigenvalue weighted by molar-refractivity contribution is 0.102. The van der Waals surface area contributed by atoms with E-state index in [1.165, 1.54) is 50.8 Å². The van der Waals surface area contributed by atoms with Crippen molar-refractivity contribution in [2.75, 3.05) is 12.4 Å². The molecule has 0 radical (unpaired) electrons. The number of hydrogen-bond acceptors (Lipinski definition) is 9. The number of hydrogen-bond donors (Lipinski definition) is 4. The van der Waals surface area contributed by atoms with Crippen molar-refractivity contribution in [2.24, 2.45) is 11.6 Å². The van der Waals surface area contributed by atoms with E-state index in [0.29, 0.717) is 11.9 Å². The molecule has 1 atom stereocenters. The first-order chi connectivity index (χ1) is 17.1. The molecule has 0 fully saturated rings. The quantitative estimate of drug-likeness (QED) is 0.209. The summed E-state index contributed by atoms with van der Waals surface area (Å²) in [5, 5.41) is 6.22. The Labute approximate surface area is 209 Å². The second kappa shape index (κ2) is 11.4. The number of amides is 2. The lowest BCUT2D eigenvalue weighted by atomic mass is 10.2. The largest absolute Gasteiger partial charge is 0.441 e. The fourth-order valence-corrected chi connectivity index (χ4v) is 3.10. The summed E-state index contributed by atoms with van der Waals surface area (Å²) in [6.07, 6.45) is 2.60. The molecule has 3 aromatic rings. The van der Waals surface area contributed by atoms with Crippen LogP contribution in [0.2, 0.25) is 5.02 Å². The van der Waals surface area contributed by atoms with Crippen LogP contribution in [0.15, 0.2) is 54.9 Å². The summed E-state index contributed by atoms with van der Waals surface area (Å²) < 4.78 is 32.3. The van der Waals surface area contributed by atoms with Gasteiger partial charge in [-0.25, -0.2) is 20.0 Å². The highest BCUT2D eigenvalue weighted by Gasteiger charge is 2.20. The van der Waals surface area contributed by atoms with Crippen molar-refractivity contribution in [3.63, 3.8) is 0 Å². The molecule has 36 heavy (non-hydrogen) atoms. The number of carbonyl (C=O) groups is 2. The molecule has 0 saturated carbocycles. The molecule has 3 heterocycles. The van der Waals surface area contributed by atoms with Gasteiger partial charge in [0.05, 0.1) is 39.9 Å². The number of anilines is 1. The van der Waals surface area contributed by atoms with E-state index < -0.39 is 29.9 Å². The van der Waals surface area contributed by atoms with Gasteiger partial charge in [0.15, 0.2) is 5.82 Å². The Morgan fingerprint density at radius 3 is 2.56 bits per heavy atom. The normalized spacial score (nSPS) is 12.3. The monoisotopic (exact) mass is 518 g/mol. The van der Waals surface area contributed by atoms with Gasteiger partial charge >= 0.3 is 6.09 Å². The molecule has 188 valence electrons. The van der Waals surface area contributed by atoms with Gasteiger partial charge in [0.2, 0.25) is 5.95 Å². The first-order valence-corrected chi connectivity index (χ1v) is 10.6. The molecule has 0 bridgehead atoms. The number of pyridine rings is 3. The number of rotatable bonds is 7. The highest BCUT2D eigenvalue weighted by Crippen LogP contribution is 2.21. The molecule has 0 aliphatic heterocycles. The number of aromatic nitrogens is 3. The molecule has 0 aliphatic carbocycles. The Hall–Kier alpha value is -4.36. The molecular formula is C22H21ClF2N8O3. The van der Waals surface area contributed by atoms with E-state index in [2.05, 4.69) is 25.6 Å². The number of ether oxygens (including phenoxy) is 1. The van der Waals surface area contributed by atoms with Crippen molar-refractivity contribution in [3.8, 4) is 0 Å². The summed E-state index contributed by atoms with van der Waals surface area (Å²) in [6, 6.07) is 5.35. The summed E-state index contributed by atoms with van der Waals surface area (Å²) in [5.74, 6) is 3.44. The van der Waals surface area contributed by atoms with Crippen LogP contribution in [0.3, 0.4) is 0 Å². The summed E-state index contributed by atoms with van der Waals surface area (Å²) in [7, 11) is 1.40. The molecule has 6 N–H and O–H groups in total. The molecule has 2 amide bonds. The minimum Gasteiger partial charge on any atom is -0.441 e. The van der Waals surface area contributed by atoms with E-state index in [9.17, 15) is 18.4 Å². The highest BCUT2D eigenvalue weighted by molar-refractivity contribution is 6.34. The summed E-state index contributed by atoms with van der Waals surface area (Å²) >= 11 is 6.00. The predicted molar refractivity (Wildman–Crippen MR) is 127 cm³/mol. The van der Waals surface area contributed by atoms with Crippen molar-refractivity contribution in [2.45, 2.75) is 13.0 Å². The summed E-state index contributed by atoms with van der Waals surface area (Å²) in [5.41, 5.74) is 6.55. The first kappa shape index (κ1) is 26.2. The Morgan fingerprint density at radius 1 is 1.17 bits per heavy atom. The third-order valence-corrected chi connectivity index (χ3v) is 5.02. The van der Waals surface area contributed by atoms with Gasteiger partial charge in [-0.2, -0.15) is 4.39 Å². The van der Waals surface area contributed by atoms with Crippen LogP contribution < -0.4 is 22.2 Å². The second-order valence-corrected chi connectivity index (χ2v) is 7.73. The van der Waals surface area contributed by atoms with Crippen molar-refractivity contribution < 1.29 is 23.1 Å². The van der Waals surface area contributed by atoms with Gasteiger partial charge in [0.1, 0.15) is 17.6 Å². The molecule has 0 spiro atoms. The number of nitrogens with one attached hydrogen (secondary N) is 2. The number of nitrogens with zero attached hydrogens (tertiary/aromatic N) is 4. The maximum absolute atomic E-state index is 13.8. The average molecular weight is 519 g/mol. The van der Waals surface area contributed by atoms with E-state index >= 15 is 0 Å². The standard InChI is InChI=1S/C22H21ClF2N8O3/c1-11(14-7-12(24)8-30-19(14)25)36-22(35)32-20(33(2)27)18(26)17-4-3-13(9-29-17)31-21(34)15-10-28-6-5-16(15)23/h3-11H,26-27H2,1-2H3,(H,31,34)(H,32,35)/b20-18-/t11-/m1/s1. The van der Waals surface area contributed by atoms with E-state index in [4.69, 9.17) is 27.9 Å². The van der Waals surface area contributed by atoms with E-state index in [0.717, 1.165) is 11.1 Å². The topological polar surface area (TPSA) is 161 Å². The molecule has 0 saturated heterocycles. The third-order valence-electron chi connectivity index (χ3n) is 4.69. The molecular weight excluding hydrogens is 498 g/mol. The van der Waals surface area contributed by atoms with Crippen LogP contribution in [0.1, 0.15) is 34.6 Å². The van der Waals surface area contributed by atoms with Crippen LogP contribution in [0.4, 0.5) is 19.3 Å². The SMILES string of the molecule is C[C@@H](OC(=O)N/C(=C(/N)c1ccc(NC(=O)c2cnccc2Cl)cn1)N(C)N)c1cc(F)cnc1F. The minimum atomic E-state index is -1.17. The number of alkyl carbamates (subject to hydrolysis) is 1. The number of halogens is 3. The van der Waals surface area contributed by atoms with Crippen LogP contribution in [0.5, 0.6) is 0 Å². The van der Waals surface area contributed by atoms with Crippen molar-refractivity contribution in [3.05, 3.63) is 88.5 Å². The van der Waals surface area contributed by atoms with Gasteiger partial charge in [-0.15, -0.1) is 0 Å². The van der Waals surface area contributed by atoms with Crippen molar-refractivity contribution >= 4 is 35.0 Å². The highest BCUT2D eigenvalue weighted by atomic mass is 35.5. The van der Waals surface area contributed by atoms with Gasteiger partial charge in [0, 0.05) is 19.4 Å². The predicted octanol–water partition coefficient (Wildman–Crippen LogP) is 2.93. The van der Waals surface area contributed by atoms with E-state index in [-0.39, 0.29) is 33.4 Å². The molecule has 0 unspecified atom stereocenters. The third kappa shape index (κ3) is 6.40. The molecule has 0 aromatic carbocycles. The van der Waals surface area contributed by atoms with E-state index in [1.807, 2.05) is 0 Å². The number of carbonyl (C=O) groups excluding carboxylic acids is 2. The molecule has 3 aromatic heterocycles. The maximum Gasteiger partial charge on any atom is 0.413 e. The average Bonchev–Trinajstić information content (AvgIpc) is 2.84. The minimum absolute atomic E-state index is 0.0450. The van der Waals surface area contributed by atoms with Crippen LogP contribution in [-0.4, -0.2) is 39.0 Å². The van der Waals surface area contributed by atoms with Crippen LogP contribution >= 0.6 is 11.6 Å². The number of nitrogens with two attached hydrogens (primary N) is 2. The van der Waals surface area contributed by atoms with Crippen molar-refractivity contribution in [1.82, 2.24) is 25.3 Å². The lowest BCUT2D eigenvalue weighted by Gasteiger charge is -2.21. The Bertz CT molecular complexity index is 1300. The van der Waals surface area contributed by atoms with Crippen molar-refractivity contribution in [1.29, 1.82) is 0 Å². The van der Waals surface area contributed by atoms with Crippen LogP contribution in [0, 0.1) is 11.8 Å². The Kier molecular flexibility index (Phi) is 8.30. The van der Waals surface area contributed by atoms with Crippen LogP contribution in [-0.2, 0) is 4.74 Å². The maximum atomic E-state index is 13.8. The fraction of sp³-hybridized carbons (Fsp3) is 0.136. The lowest BCUT2D eigenvalue weighted by Crippen LogP contribution is -2.39. The molecule has 0 aliphatic rings. The zero-order valence-electron chi connectivity index (χ0n) is 19.0. The molecule has 3 rings (SSSR count). The Balaban J connectivity index is 1.73. The van der Waals surface area contributed by atoms with Gasteiger partial charge in [-0.1, -0.05) is 11.6 Å². The summed E-state index contributed by atoms with van der Waals surface area (Å²) in [6.45, 7) is 1.34.